The molecule has 0 radical (unpaired) electrons. The molecule has 0 amide bonds. The zero-order chi connectivity index (χ0) is 14.5. The minimum Gasteiger partial charge on any atom is -0.311 e. The van der Waals surface area contributed by atoms with E-state index in [9.17, 15) is 0 Å². The predicted octanol–water partition coefficient (Wildman–Crippen LogP) is 4.88. The Morgan fingerprint density at radius 1 is 1.00 bits per heavy atom. The Morgan fingerprint density at radius 2 is 1.70 bits per heavy atom. The van der Waals surface area contributed by atoms with Crippen LogP contribution in [0, 0.1) is 5.92 Å². The van der Waals surface area contributed by atoms with Gasteiger partial charge in [0.2, 0.25) is 0 Å². The maximum Gasteiger partial charge on any atom is 0.0172 e. The Labute approximate surface area is 122 Å². The Bertz CT molecular complexity index is 593. The van der Waals surface area contributed by atoms with E-state index in [0.29, 0.717) is 12.0 Å². The number of rotatable bonds is 5. The first-order chi connectivity index (χ1) is 9.56. The molecule has 0 saturated heterocycles. The van der Waals surface area contributed by atoms with E-state index in [0.717, 1.165) is 6.54 Å². The highest BCUT2D eigenvalue weighted by Crippen LogP contribution is 2.19. The van der Waals surface area contributed by atoms with E-state index in [2.05, 4.69) is 81.6 Å². The van der Waals surface area contributed by atoms with E-state index in [-0.39, 0.29) is 0 Å². The van der Waals surface area contributed by atoms with Gasteiger partial charge in [-0.2, -0.15) is 0 Å². The monoisotopic (exact) mass is 267 g/mol. The van der Waals surface area contributed by atoms with Crippen molar-refractivity contribution in [3.8, 4) is 0 Å². The van der Waals surface area contributed by atoms with Gasteiger partial charge in [0, 0.05) is 12.6 Å². The van der Waals surface area contributed by atoms with Crippen LogP contribution in [0.3, 0.4) is 0 Å². The standard InChI is InChI=1S/C19H25N/c1-14(2)19(13-20-15(3)4)12-16-9-10-17-7-5-6-8-18(17)11-16/h5-12,14-15,20H,13H2,1-4H3. The third-order valence-electron chi connectivity index (χ3n) is 3.58. The fourth-order valence-electron chi connectivity index (χ4n) is 2.26. The van der Waals surface area contributed by atoms with Gasteiger partial charge in [-0.05, 0) is 28.3 Å². The van der Waals surface area contributed by atoms with Gasteiger partial charge in [-0.3, -0.25) is 0 Å². The summed E-state index contributed by atoms with van der Waals surface area (Å²) in [5.74, 6) is 0.563. The van der Waals surface area contributed by atoms with Gasteiger partial charge in [0.1, 0.15) is 0 Å². The highest BCUT2D eigenvalue weighted by atomic mass is 14.9. The van der Waals surface area contributed by atoms with Crippen LogP contribution in [0.1, 0.15) is 33.3 Å². The molecule has 0 bridgehead atoms. The largest absolute Gasteiger partial charge is 0.311 e. The molecule has 2 aromatic carbocycles. The smallest absolute Gasteiger partial charge is 0.0172 e. The first-order valence-corrected chi connectivity index (χ1v) is 7.49. The van der Waals surface area contributed by atoms with Crippen LogP contribution in [-0.4, -0.2) is 12.6 Å². The Morgan fingerprint density at radius 3 is 2.35 bits per heavy atom. The SMILES string of the molecule is CC(C)NCC(=Cc1ccc2ccccc2c1)C(C)C. The van der Waals surface area contributed by atoms with Crippen LogP contribution in [0.2, 0.25) is 0 Å². The van der Waals surface area contributed by atoms with Crippen molar-refractivity contribution in [2.45, 2.75) is 33.7 Å². The highest BCUT2D eigenvalue weighted by molar-refractivity contribution is 5.84. The molecule has 0 saturated carbocycles. The fraction of sp³-hybridized carbons (Fsp3) is 0.368. The summed E-state index contributed by atoms with van der Waals surface area (Å²) in [6.45, 7) is 9.86. The van der Waals surface area contributed by atoms with Crippen molar-refractivity contribution in [2.75, 3.05) is 6.54 Å². The van der Waals surface area contributed by atoms with Crippen LogP contribution in [-0.2, 0) is 0 Å². The van der Waals surface area contributed by atoms with Gasteiger partial charge < -0.3 is 5.32 Å². The van der Waals surface area contributed by atoms with Crippen LogP contribution < -0.4 is 5.32 Å². The van der Waals surface area contributed by atoms with Gasteiger partial charge in [0.25, 0.3) is 0 Å². The highest BCUT2D eigenvalue weighted by Gasteiger charge is 2.05. The van der Waals surface area contributed by atoms with Crippen molar-refractivity contribution in [3.05, 3.63) is 53.6 Å². The molecular formula is C19H25N. The van der Waals surface area contributed by atoms with E-state index >= 15 is 0 Å². The van der Waals surface area contributed by atoms with Crippen LogP contribution in [0.15, 0.2) is 48.0 Å². The second-order valence-corrected chi connectivity index (χ2v) is 6.02. The van der Waals surface area contributed by atoms with Crippen LogP contribution in [0.25, 0.3) is 16.8 Å². The molecule has 0 aliphatic rings. The molecule has 20 heavy (non-hydrogen) atoms. The summed E-state index contributed by atoms with van der Waals surface area (Å²) in [6.07, 6.45) is 2.33. The van der Waals surface area contributed by atoms with Gasteiger partial charge in [-0.15, -0.1) is 0 Å². The zero-order valence-electron chi connectivity index (χ0n) is 13.0. The topological polar surface area (TPSA) is 12.0 Å². The van der Waals surface area contributed by atoms with Gasteiger partial charge in [0.15, 0.2) is 0 Å². The molecule has 106 valence electrons. The quantitative estimate of drug-likeness (QED) is 0.814. The molecule has 0 aliphatic carbocycles. The van der Waals surface area contributed by atoms with Gasteiger partial charge >= 0.3 is 0 Å². The van der Waals surface area contributed by atoms with Crippen LogP contribution in [0.5, 0.6) is 0 Å². The number of hydrogen-bond donors (Lipinski definition) is 1. The van der Waals surface area contributed by atoms with E-state index in [4.69, 9.17) is 0 Å². The number of hydrogen-bond acceptors (Lipinski definition) is 1. The van der Waals surface area contributed by atoms with Gasteiger partial charge in [-0.1, -0.05) is 75.7 Å². The normalized spacial score (nSPS) is 12.6. The third kappa shape index (κ3) is 3.94. The summed E-state index contributed by atoms with van der Waals surface area (Å²) in [5, 5.41) is 6.12. The molecule has 0 aromatic heterocycles. The average molecular weight is 267 g/mol. The lowest BCUT2D eigenvalue weighted by molar-refractivity contribution is 0.593. The molecule has 2 aromatic rings. The van der Waals surface area contributed by atoms with Crippen LogP contribution >= 0.6 is 0 Å². The van der Waals surface area contributed by atoms with Crippen molar-refractivity contribution >= 4 is 16.8 Å². The lowest BCUT2D eigenvalue weighted by atomic mass is 9.98. The molecule has 0 heterocycles. The molecule has 1 heteroatoms. The van der Waals surface area contributed by atoms with Crippen molar-refractivity contribution in [2.24, 2.45) is 5.92 Å². The summed E-state index contributed by atoms with van der Waals surface area (Å²) in [5.41, 5.74) is 2.74. The number of benzene rings is 2. The fourth-order valence-corrected chi connectivity index (χ4v) is 2.26. The maximum absolute atomic E-state index is 3.52. The molecular weight excluding hydrogens is 242 g/mol. The lowest BCUT2D eigenvalue weighted by Crippen LogP contribution is -2.26. The van der Waals surface area contributed by atoms with E-state index in [1.54, 1.807) is 0 Å². The second-order valence-electron chi connectivity index (χ2n) is 6.02. The maximum atomic E-state index is 3.52. The summed E-state index contributed by atoms with van der Waals surface area (Å²) in [6, 6.07) is 15.7. The molecule has 1 N–H and O–H groups in total. The number of nitrogens with one attached hydrogen (secondary N) is 1. The summed E-state index contributed by atoms with van der Waals surface area (Å²) in [7, 11) is 0. The first kappa shape index (κ1) is 14.8. The average Bonchev–Trinajstić information content (AvgIpc) is 2.42. The van der Waals surface area contributed by atoms with Crippen molar-refractivity contribution in [1.29, 1.82) is 0 Å². The minimum atomic E-state index is 0.522. The summed E-state index contributed by atoms with van der Waals surface area (Å²) < 4.78 is 0. The Balaban J connectivity index is 2.27. The van der Waals surface area contributed by atoms with E-state index < -0.39 is 0 Å². The van der Waals surface area contributed by atoms with Crippen molar-refractivity contribution in [1.82, 2.24) is 5.32 Å². The third-order valence-corrected chi connectivity index (χ3v) is 3.58. The lowest BCUT2D eigenvalue weighted by Gasteiger charge is -2.15. The molecule has 0 fully saturated rings. The summed E-state index contributed by atoms with van der Waals surface area (Å²) >= 11 is 0. The van der Waals surface area contributed by atoms with Gasteiger partial charge in [-0.25, -0.2) is 0 Å². The van der Waals surface area contributed by atoms with E-state index in [1.165, 1.54) is 21.9 Å². The van der Waals surface area contributed by atoms with Crippen LogP contribution in [0.4, 0.5) is 0 Å². The molecule has 0 aliphatic heterocycles. The molecule has 0 spiro atoms. The summed E-state index contributed by atoms with van der Waals surface area (Å²) in [4.78, 5) is 0. The predicted molar refractivity (Wildman–Crippen MR) is 89.9 cm³/mol. The van der Waals surface area contributed by atoms with Crippen molar-refractivity contribution < 1.29 is 0 Å². The molecule has 2 rings (SSSR count). The minimum absolute atomic E-state index is 0.522. The molecule has 1 nitrogen and oxygen atoms in total. The first-order valence-electron chi connectivity index (χ1n) is 7.49. The van der Waals surface area contributed by atoms with Gasteiger partial charge in [0.05, 0.1) is 0 Å². The molecule has 0 atom stereocenters. The van der Waals surface area contributed by atoms with Crippen molar-refractivity contribution in [3.63, 3.8) is 0 Å². The Kier molecular flexibility index (Phi) is 4.97. The second kappa shape index (κ2) is 6.71. The zero-order valence-corrected chi connectivity index (χ0v) is 13.0. The Hall–Kier alpha value is -1.60. The van der Waals surface area contributed by atoms with E-state index in [1.807, 2.05) is 0 Å². The molecule has 0 unspecified atom stereocenters. The number of fused-ring (bicyclic) bond motifs is 1.